The van der Waals surface area contributed by atoms with Gasteiger partial charge in [0, 0.05) is 5.88 Å². The van der Waals surface area contributed by atoms with Crippen LogP contribution in [0.5, 0.6) is 11.5 Å². The van der Waals surface area contributed by atoms with Gasteiger partial charge in [0.05, 0.1) is 6.61 Å². The number of alkyl halides is 1. The molecule has 0 unspecified atom stereocenters. The number of hydrogen-bond acceptors (Lipinski definition) is 2. The van der Waals surface area contributed by atoms with Gasteiger partial charge in [0.15, 0.2) is 0 Å². The quantitative estimate of drug-likeness (QED) is 0.246. The highest BCUT2D eigenvalue weighted by molar-refractivity contribution is 7.00. The maximum absolute atomic E-state index is 7.06. The van der Waals surface area contributed by atoms with E-state index in [1.54, 1.807) is 0 Å². The fraction of sp³-hybridized carbons (Fsp3) is 0.308. The zero-order valence-corrected chi connectivity index (χ0v) is 20.1. The molecule has 3 aromatic carbocycles. The summed E-state index contributed by atoms with van der Waals surface area (Å²) in [5.41, 5.74) is 1.07. The van der Waals surface area contributed by atoms with Crippen LogP contribution in [0.25, 0.3) is 0 Å². The number of benzene rings is 3. The van der Waals surface area contributed by atoms with Crippen LogP contribution in [0.3, 0.4) is 0 Å². The normalized spacial score (nSPS) is 11.9. The van der Waals surface area contributed by atoms with Gasteiger partial charge in [-0.15, -0.1) is 11.6 Å². The van der Waals surface area contributed by atoms with Gasteiger partial charge in [0.25, 0.3) is 0 Å². The van der Waals surface area contributed by atoms with Crippen molar-refractivity contribution in [3.05, 3.63) is 84.4 Å². The van der Waals surface area contributed by atoms with Crippen molar-refractivity contribution in [1.29, 1.82) is 0 Å². The van der Waals surface area contributed by atoms with E-state index in [0.29, 0.717) is 12.5 Å². The molecule has 158 valence electrons. The van der Waals surface area contributed by atoms with E-state index in [4.69, 9.17) is 20.8 Å². The van der Waals surface area contributed by atoms with Gasteiger partial charge in [0.2, 0.25) is 0 Å². The average molecular weight is 439 g/mol. The Bertz CT molecular complexity index is 897. The van der Waals surface area contributed by atoms with E-state index in [1.807, 2.05) is 12.1 Å². The first-order chi connectivity index (χ1) is 14.4. The molecule has 0 bridgehead atoms. The van der Waals surface area contributed by atoms with Crippen molar-refractivity contribution in [2.24, 2.45) is 0 Å². The molecule has 0 radical (unpaired) electrons. The molecule has 0 aliphatic heterocycles. The Labute approximate surface area is 186 Å². The number of rotatable bonds is 8. The lowest BCUT2D eigenvalue weighted by atomic mass is 10.2. The largest absolute Gasteiger partial charge is 0.534 e. The second-order valence-corrected chi connectivity index (χ2v) is 13.2. The highest BCUT2D eigenvalue weighted by atomic mass is 35.5. The van der Waals surface area contributed by atoms with E-state index in [1.165, 1.54) is 10.4 Å². The van der Waals surface area contributed by atoms with Gasteiger partial charge in [0.1, 0.15) is 11.5 Å². The molecule has 3 rings (SSSR count). The van der Waals surface area contributed by atoms with Crippen molar-refractivity contribution >= 4 is 30.3 Å². The molecule has 0 N–H and O–H groups in total. The molecule has 2 nitrogen and oxygen atoms in total. The van der Waals surface area contributed by atoms with Gasteiger partial charge in [-0.1, -0.05) is 81.4 Å². The third kappa shape index (κ3) is 4.74. The summed E-state index contributed by atoms with van der Waals surface area (Å²) in [7, 11) is -2.62. The monoisotopic (exact) mass is 438 g/mol. The molecule has 4 heteroatoms. The van der Waals surface area contributed by atoms with E-state index < -0.39 is 8.32 Å². The molecular formula is C26H31ClO2Si. The third-order valence-electron chi connectivity index (χ3n) is 5.37. The zero-order chi connectivity index (χ0) is 21.6. The zero-order valence-electron chi connectivity index (χ0n) is 18.3. The maximum atomic E-state index is 7.06. The van der Waals surface area contributed by atoms with Crippen LogP contribution >= 0.6 is 11.6 Å². The number of halogens is 1. The molecule has 0 atom stereocenters. The van der Waals surface area contributed by atoms with E-state index >= 15 is 0 Å². The predicted octanol–water partition coefficient (Wildman–Crippen LogP) is 5.94. The second kappa shape index (κ2) is 9.72. The van der Waals surface area contributed by atoms with Crippen LogP contribution in [0.4, 0.5) is 0 Å². The fourth-order valence-electron chi connectivity index (χ4n) is 3.91. The SMILES string of the molecule is Cc1cc(O[Si](c2ccccc2)(c2ccccc2)C(C)(C)C)ccc1OCCCCl. The fourth-order valence-corrected chi connectivity index (χ4v) is 8.43. The Morgan fingerprint density at radius 2 is 1.40 bits per heavy atom. The Morgan fingerprint density at radius 3 is 1.87 bits per heavy atom. The number of ether oxygens (including phenoxy) is 1. The third-order valence-corrected chi connectivity index (χ3v) is 10.6. The summed E-state index contributed by atoms with van der Waals surface area (Å²) < 4.78 is 12.9. The molecule has 0 saturated carbocycles. The summed E-state index contributed by atoms with van der Waals surface area (Å²) in [4.78, 5) is 0. The highest BCUT2D eigenvalue weighted by Gasteiger charge is 2.52. The summed E-state index contributed by atoms with van der Waals surface area (Å²) in [6, 6.07) is 27.5. The smallest absolute Gasteiger partial charge is 0.319 e. The van der Waals surface area contributed by atoms with Gasteiger partial charge in [-0.25, -0.2) is 0 Å². The predicted molar refractivity (Wildman–Crippen MR) is 130 cm³/mol. The lowest BCUT2D eigenvalue weighted by Gasteiger charge is -2.43. The summed E-state index contributed by atoms with van der Waals surface area (Å²) in [5.74, 6) is 2.37. The minimum Gasteiger partial charge on any atom is -0.534 e. The van der Waals surface area contributed by atoms with Gasteiger partial charge in [-0.05, 0) is 52.5 Å². The van der Waals surface area contributed by atoms with Crippen LogP contribution in [0.2, 0.25) is 5.04 Å². The molecule has 0 aliphatic rings. The van der Waals surface area contributed by atoms with Crippen LogP contribution in [-0.4, -0.2) is 20.8 Å². The van der Waals surface area contributed by atoms with Gasteiger partial charge >= 0.3 is 8.32 Å². The molecule has 0 spiro atoms. The molecule has 30 heavy (non-hydrogen) atoms. The van der Waals surface area contributed by atoms with Crippen molar-refractivity contribution in [2.45, 2.75) is 39.2 Å². The van der Waals surface area contributed by atoms with Crippen molar-refractivity contribution in [3.8, 4) is 11.5 Å². The minimum atomic E-state index is -2.62. The van der Waals surface area contributed by atoms with Crippen molar-refractivity contribution in [3.63, 3.8) is 0 Å². The van der Waals surface area contributed by atoms with Gasteiger partial charge in [-0.2, -0.15) is 0 Å². The standard InChI is InChI=1S/C26H31ClO2Si/c1-21-20-22(16-17-25(21)28-19-11-18-27)29-30(26(2,3)4,23-12-7-5-8-13-23)24-14-9-6-10-15-24/h5-10,12-17,20H,11,18-19H2,1-4H3. The van der Waals surface area contributed by atoms with Gasteiger partial charge < -0.3 is 9.16 Å². The van der Waals surface area contributed by atoms with Crippen molar-refractivity contribution in [1.82, 2.24) is 0 Å². The minimum absolute atomic E-state index is 0.0703. The van der Waals surface area contributed by atoms with Gasteiger partial charge in [-0.3, -0.25) is 0 Å². The molecule has 0 amide bonds. The Hall–Kier alpha value is -2.23. The summed E-state index contributed by atoms with van der Waals surface area (Å²) in [5, 5.41) is 2.46. The summed E-state index contributed by atoms with van der Waals surface area (Å²) in [6.45, 7) is 9.55. The molecule has 3 aromatic rings. The van der Waals surface area contributed by atoms with Crippen molar-refractivity contribution in [2.75, 3.05) is 12.5 Å². The number of aryl methyl sites for hydroxylation is 1. The molecule has 0 fully saturated rings. The van der Waals surface area contributed by atoms with E-state index in [2.05, 4.69) is 94.4 Å². The molecule has 0 saturated heterocycles. The average Bonchev–Trinajstić information content (AvgIpc) is 2.74. The van der Waals surface area contributed by atoms with Crippen LogP contribution in [0, 0.1) is 6.92 Å². The van der Waals surface area contributed by atoms with Crippen LogP contribution in [0.15, 0.2) is 78.9 Å². The Morgan fingerprint density at radius 1 is 0.833 bits per heavy atom. The maximum Gasteiger partial charge on any atom is 0.319 e. The van der Waals surface area contributed by atoms with E-state index in [-0.39, 0.29) is 5.04 Å². The van der Waals surface area contributed by atoms with Crippen molar-refractivity contribution < 1.29 is 9.16 Å². The second-order valence-electron chi connectivity index (χ2n) is 8.58. The molecule has 0 aliphatic carbocycles. The van der Waals surface area contributed by atoms with Crippen LogP contribution in [0.1, 0.15) is 32.8 Å². The molecular weight excluding hydrogens is 408 g/mol. The topological polar surface area (TPSA) is 18.5 Å². The molecule has 0 heterocycles. The Kier molecular flexibility index (Phi) is 7.27. The summed E-state index contributed by atoms with van der Waals surface area (Å²) >= 11 is 5.77. The highest BCUT2D eigenvalue weighted by Crippen LogP contribution is 2.38. The first-order valence-corrected chi connectivity index (χ1v) is 12.9. The van der Waals surface area contributed by atoms with Crippen LogP contribution < -0.4 is 19.5 Å². The number of hydrogen-bond donors (Lipinski definition) is 0. The first-order valence-electron chi connectivity index (χ1n) is 10.5. The first kappa shape index (κ1) is 22.5. The lowest BCUT2D eigenvalue weighted by molar-refractivity contribution is 0.316. The molecule has 0 aromatic heterocycles. The summed E-state index contributed by atoms with van der Waals surface area (Å²) in [6.07, 6.45) is 0.835. The lowest BCUT2D eigenvalue weighted by Crippen LogP contribution is -2.68. The van der Waals surface area contributed by atoms with Crippen LogP contribution in [-0.2, 0) is 0 Å². The Balaban J connectivity index is 2.07. The van der Waals surface area contributed by atoms with E-state index in [9.17, 15) is 0 Å². The van der Waals surface area contributed by atoms with E-state index in [0.717, 1.165) is 23.5 Å².